The van der Waals surface area contributed by atoms with Crippen LogP contribution >= 0.6 is 0 Å². The summed E-state index contributed by atoms with van der Waals surface area (Å²) >= 11 is 0. The van der Waals surface area contributed by atoms with Crippen LogP contribution in [0.2, 0.25) is 0 Å². The Balaban J connectivity index is 1.61. The number of unbranched alkanes of at least 4 members (excludes halogenated alkanes) is 1. The van der Waals surface area contributed by atoms with E-state index < -0.39 is 0 Å². The van der Waals surface area contributed by atoms with Crippen molar-refractivity contribution in [3.05, 3.63) is 77.1 Å². The van der Waals surface area contributed by atoms with Gasteiger partial charge in [0, 0.05) is 29.3 Å². The average molecular weight is 456 g/mol. The van der Waals surface area contributed by atoms with Gasteiger partial charge in [-0.15, -0.1) is 0 Å². The predicted octanol–water partition coefficient (Wildman–Crippen LogP) is 5.19. The zero-order valence-electron chi connectivity index (χ0n) is 20.0. The van der Waals surface area contributed by atoms with Crippen LogP contribution in [0.4, 0.5) is 0 Å². The van der Waals surface area contributed by atoms with E-state index in [1.807, 2.05) is 69.4 Å². The molecule has 1 amide bonds. The first-order valence-electron chi connectivity index (χ1n) is 11.4. The number of hydrogen-bond acceptors (Lipinski definition) is 5. The molecule has 4 aromatic rings. The van der Waals surface area contributed by atoms with Crippen molar-refractivity contribution in [2.24, 2.45) is 12.1 Å². The molecule has 4 rings (SSSR count). The molecule has 0 fully saturated rings. The third-order valence-electron chi connectivity index (χ3n) is 5.80. The van der Waals surface area contributed by atoms with Crippen molar-refractivity contribution in [3.63, 3.8) is 0 Å². The molecule has 0 unspecified atom stereocenters. The van der Waals surface area contributed by atoms with Gasteiger partial charge in [0.25, 0.3) is 5.91 Å². The summed E-state index contributed by atoms with van der Waals surface area (Å²) in [7, 11) is 1.88. The zero-order chi connectivity index (χ0) is 24.1. The van der Waals surface area contributed by atoms with Gasteiger partial charge < -0.3 is 4.74 Å². The Morgan fingerprint density at radius 2 is 1.91 bits per heavy atom. The molecule has 0 aliphatic carbocycles. The van der Waals surface area contributed by atoms with Crippen molar-refractivity contribution < 1.29 is 9.53 Å². The number of amides is 1. The first-order chi connectivity index (χ1) is 16.5. The fourth-order valence-electron chi connectivity index (χ4n) is 3.76. The molecule has 174 valence electrons. The van der Waals surface area contributed by atoms with Gasteiger partial charge in [-0.25, -0.2) is 10.4 Å². The molecule has 0 saturated heterocycles. The molecule has 0 spiro atoms. The SMILES string of the molecule is CCCCOc1ccc(-c2cc(C(=O)N/N=C/c3c(C)nn(C)c3C)c3ccccc3n2)cc1. The minimum atomic E-state index is -0.296. The standard InChI is InChI=1S/C27H29N5O2/c1-5-6-15-34-21-13-11-20(12-14-21)26-16-23(22-9-7-8-10-25(22)29-26)27(33)30-28-17-24-18(2)31-32(4)19(24)3/h7-14,16-17H,5-6,15H2,1-4H3,(H,30,33)/b28-17+. The monoisotopic (exact) mass is 455 g/mol. The van der Waals surface area contributed by atoms with Gasteiger partial charge in [0.05, 0.1) is 35.3 Å². The van der Waals surface area contributed by atoms with Crippen LogP contribution in [0.15, 0.2) is 59.7 Å². The molecule has 0 saturated carbocycles. The molecule has 7 nitrogen and oxygen atoms in total. The lowest BCUT2D eigenvalue weighted by atomic mass is 10.0. The lowest BCUT2D eigenvalue weighted by Gasteiger charge is -2.10. The second kappa shape index (κ2) is 10.3. The Kier molecular flexibility index (Phi) is 7.01. The summed E-state index contributed by atoms with van der Waals surface area (Å²) < 4.78 is 7.56. The molecule has 0 aliphatic rings. The lowest BCUT2D eigenvalue weighted by Crippen LogP contribution is -2.18. The number of nitrogens with one attached hydrogen (secondary N) is 1. The molecule has 2 aromatic heterocycles. The molecule has 7 heteroatoms. The first kappa shape index (κ1) is 23.2. The molecular weight excluding hydrogens is 426 g/mol. The summed E-state index contributed by atoms with van der Waals surface area (Å²) in [5.41, 5.74) is 8.28. The largest absolute Gasteiger partial charge is 0.494 e. The number of hydrogen-bond donors (Lipinski definition) is 1. The van der Waals surface area contributed by atoms with Gasteiger partial charge in [0.1, 0.15) is 5.75 Å². The third kappa shape index (κ3) is 4.98. The van der Waals surface area contributed by atoms with Crippen molar-refractivity contribution in [2.75, 3.05) is 6.61 Å². The molecule has 0 radical (unpaired) electrons. The number of fused-ring (bicyclic) bond motifs is 1. The maximum absolute atomic E-state index is 13.1. The van der Waals surface area contributed by atoms with Gasteiger partial charge in [-0.2, -0.15) is 10.2 Å². The summed E-state index contributed by atoms with van der Waals surface area (Å²) in [6.45, 7) is 6.72. The number of aromatic nitrogens is 3. The molecule has 0 atom stereocenters. The van der Waals surface area contributed by atoms with E-state index in [4.69, 9.17) is 9.72 Å². The fourth-order valence-corrected chi connectivity index (χ4v) is 3.76. The van der Waals surface area contributed by atoms with E-state index >= 15 is 0 Å². The number of nitrogens with zero attached hydrogens (tertiary/aromatic N) is 4. The van der Waals surface area contributed by atoms with Crippen LogP contribution in [0, 0.1) is 13.8 Å². The van der Waals surface area contributed by atoms with Gasteiger partial charge in [-0.05, 0) is 56.7 Å². The minimum absolute atomic E-state index is 0.296. The van der Waals surface area contributed by atoms with Crippen molar-refractivity contribution in [1.29, 1.82) is 0 Å². The second-order valence-electron chi connectivity index (χ2n) is 8.21. The molecule has 34 heavy (non-hydrogen) atoms. The van der Waals surface area contributed by atoms with E-state index in [0.717, 1.165) is 52.0 Å². The Hall–Kier alpha value is -4.00. The number of carbonyl (C=O) groups is 1. The summed E-state index contributed by atoms with van der Waals surface area (Å²) in [4.78, 5) is 17.9. The molecular formula is C27H29N5O2. The van der Waals surface area contributed by atoms with Crippen LogP contribution in [0.25, 0.3) is 22.2 Å². The van der Waals surface area contributed by atoms with E-state index in [1.165, 1.54) is 0 Å². The summed E-state index contributed by atoms with van der Waals surface area (Å²) in [5, 5.41) is 9.34. The smallest absolute Gasteiger partial charge is 0.272 e. The molecule has 0 aliphatic heterocycles. The van der Waals surface area contributed by atoms with E-state index in [-0.39, 0.29) is 5.91 Å². The quantitative estimate of drug-likeness (QED) is 0.225. The number of ether oxygens (including phenoxy) is 1. The summed E-state index contributed by atoms with van der Waals surface area (Å²) in [6.07, 6.45) is 3.75. The molecule has 2 aromatic carbocycles. The Morgan fingerprint density at radius 1 is 1.15 bits per heavy atom. The van der Waals surface area contributed by atoms with Crippen molar-refractivity contribution in [2.45, 2.75) is 33.6 Å². The number of pyridine rings is 1. The average Bonchev–Trinajstić information content (AvgIpc) is 3.09. The van der Waals surface area contributed by atoms with Crippen LogP contribution in [-0.2, 0) is 7.05 Å². The van der Waals surface area contributed by atoms with Crippen LogP contribution in [-0.4, -0.2) is 33.5 Å². The highest BCUT2D eigenvalue weighted by Crippen LogP contribution is 2.26. The molecule has 0 bridgehead atoms. The summed E-state index contributed by atoms with van der Waals surface area (Å²) in [5.74, 6) is 0.529. The fraction of sp³-hybridized carbons (Fsp3) is 0.259. The van der Waals surface area contributed by atoms with Crippen LogP contribution in [0.1, 0.15) is 47.1 Å². The number of rotatable bonds is 8. The Bertz CT molecular complexity index is 1340. The van der Waals surface area contributed by atoms with Gasteiger partial charge in [0.15, 0.2) is 0 Å². The maximum atomic E-state index is 13.1. The van der Waals surface area contributed by atoms with Crippen LogP contribution in [0.5, 0.6) is 5.75 Å². The first-order valence-corrected chi connectivity index (χ1v) is 11.4. The maximum Gasteiger partial charge on any atom is 0.272 e. The van der Waals surface area contributed by atoms with Crippen LogP contribution in [0.3, 0.4) is 0 Å². The number of carbonyl (C=O) groups excluding carboxylic acids is 1. The Morgan fingerprint density at radius 3 is 2.62 bits per heavy atom. The van der Waals surface area contributed by atoms with E-state index in [9.17, 15) is 4.79 Å². The highest BCUT2D eigenvalue weighted by atomic mass is 16.5. The topological polar surface area (TPSA) is 81.4 Å². The predicted molar refractivity (Wildman–Crippen MR) is 135 cm³/mol. The van der Waals surface area contributed by atoms with Crippen molar-refractivity contribution in [1.82, 2.24) is 20.2 Å². The van der Waals surface area contributed by atoms with E-state index in [1.54, 1.807) is 17.0 Å². The van der Waals surface area contributed by atoms with Gasteiger partial charge in [-0.1, -0.05) is 31.5 Å². The lowest BCUT2D eigenvalue weighted by molar-refractivity contribution is 0.0956. The highest BCUT2D eigenvalue weighted by Gasteiger charge is 2.14. The third-order valence-corrected chi connectivity index (χ3v) is 5.80. The second-order valence-corrected chi connectivity index (χ2v) is 8.21. The van der Waals surface area contributed by atoms with Gasteiger partial charge >= 0.3 is 0 Å². The highest BCUT2D eigenvalue weighted by molar-refractivity contribution is 6.07. The van der Waals surface area contributed by atoms with E-state index in [0.29, 0.717) is 17.9 Å². The molecule has 2 heterocycles. The van der Waals surface area contributed by atoms with Gasteiger partial charge in [-0.3, -0.25) is 9.48 Å². The Labute approximate surface area is 199 Å². The van der Waals surface area contributed by atoms with Gasteiger partial charge in [0.2, 0.25) is 0 Å². The molecule has 1 N–H and O–H groups in total. The summed E-state index contributed by atoms with van der Waals surface area (Å²) in [6, 6.07) is 17.2. The van der Waals surface area contributed by atoms with Crippen molar-refractivity contribution >= 4 is 23.0 Å². The normalized spacial score (nSPS) is 11.3. The zero-order valence-corrected chi connectivity index (χ0v) is 20.0. The number of aryl methyl sites for hydroxylation is 2. The van der Waals surface area contributed by atoms with E-state index in [2.05, 4.69) is 22.5 Å². The minimum Gasteiger partial charge on any atom is -0.494 e. The van der Waals surface area contributed by atoms with Crippen molar-refractivity contribution in [3.8, 4) is 17.0 Å². The number of benzene rings is 2. The van der Waals surface area contributed by atoms with Crippen LogP contribution < -0.4 is 10.2 Å². The number of hydrazone groups is 1. The number of para-hydroxylation sites is 1.